The summed E-state index contributed by atoms with van der Waals surface area (Å²) in [6, 6.07) is 3.31. The van der Waals surface area contributed by atoms with Crippen molar-refractivity contribution in [3.8, 4) is 0 Å². The number of hydrogen-bond acceptors (Lipinski definition) is 6. The molecule has 0 aliphatic rings. The van der Waals surface area contributed by atoms with Gasteiger partial charge in [-0.2, -0.15) is 0 Å². The number of nitrogens with one attached hydrogen (secondary N) is 6. The van der Waals surface area contributed by atoms with Crippen LogP contribution in [0.2, 0.25) is 0 Å². The molecule has 148 valence electrons. The number of carbonyl (C=O) groups is 4. The zero-order valence-corrected chi connectivity index (χ0v) is 15.1. The maximum absolute atomic E-state index is 11.8. The van der Waals surface area contributed by atoms with Gasteiger partial charge in [-0.05, 0) is 38.5 Å². The number of benzene rings is 1. The molecule has 0 saturated carbocycles. The fourth-order valence-electron chi connectivity index (χ4n) is 1.70. The van der Waals surface area contributed by atoms with E-state index in [1.807, 2.05) is 5.43 Å². The number of carbonyl (C=O) groups excluding carboxylic acids is 4. The topological polar surface area (TPSA) is 159 Å². The van der Waals surface area contributed by atoms with Crippen LogP contribution in [0.4, 0.5) is 30.6 Å². The first kappa shape index (κ1) is 21.3. The fourth-order valence-corrected chi connectivity index (χ4v) is 1.70. The second-order valence-electron chi connectivity index (χ2n) is 4.88. The maximum Gasteiger partial charge on any atom is 0.426 e. The summed E-state index contributed by atoms with van der Waals surface area (Å²) in [4.78, 5) is 45.7. The van der Waals surface area contributed by atoms with E-state index in [1.165, 1.54) is 6.07 Å². The second kappa shape index (κ2) is 11.0. The van der Waals surface area contributed by atoms with Crippen LogP contribution in [-0.2, 0) is 9.47 Å². The number of amides is 6. The van der Waals surface area contributed by atoms with Gasteiger partial charge in [0.25, 0.3) is 0 Å². The predicted octanol–water partition coefficient (Wildman–Crippen LogP) is 1.56. The van der Waals surface area contributed by atoms with Gasteiger partial charge < -0.3 is 20.1 Å². The molecule has 0 spiro atoms. The molecule has 0 atom stereocenters. The molecule has 0 saturated heterocycles. The highest BCUT2D eigenvalue weighted by atomic mass is 16.6. The van der Waals surface area contributed by atoms with Crippen molar-refractivity contribution in [1.29, 1.82) is 0 Å². The van der Waals surface area contributed by atoms with E-state index in [1.54, 1.807) is 32.9 Å². The number of hydrogen-bond donors (Lipinski definition) is 6. The molecule has 1 aromatic carbocycles. The summed E-state index contributed by atoms with van der Waals surface area (Å²) in [7, 11) is 0. The van der Waals surface area contributed by atoms with Crippen LogP contribution in [0.25, 0.3) is 0 Å². The Morgan fingerprint density at radius 1 is 0.815 bits per heavy atom. The summed E-state index contributed by atoms with van der Waals surface area (Å²) in [5, 5.41) is 4.97. The lowest BCUT2D eigenvalue weighted by molar-refractivity contribution is 0.147. The molecule has 0 aliphatic heterocycles. The largest absolute Gasteiger partial charge is 0.449 e. The summed E-state index contributed by atoms with van der Waals surface area (Å²) < 4.78 is 9.19. The van der Waals surface area contributed by atoms with E-state index in [-0.39, 0.29) is 13.2 Å². The Hall–Kier alpha value is -3.70. The molecular weight excluding hydrogens is 360 g/mol. The standard InChI is InChI=1S/C15H22N6O6/c1-4-26-14(24)20-18-12(22)16-10-7-6-9(3)11(8-10)17-13(23)19-21-15(25)27-5-2/h6-8H,4-5H2,1-3H3,(H,20,24)(H,21,25)(H2,16,18,22)(H2,17,19,23). The molecule has 6 N–H and O–H groups in total. The molecule has 27 heavy (non-hydrogen) atoms. The van der Waals surface area contributed by atoms with Gasteiger partial charge in [0.05, 0.1) is 13.2 Å². The summed E-state index contributed by atoms with van der Waals surface area (Å²) in [5.74, 6) is 0. The summed E-state index contributed by atoms with van der Waals surface area (Å²) in [5.41, 5.74) is 9.74. The molecule has 6 amide bonds. The average molecular weight is 382 g/mol. The Balaban J connectivity index is 2.58. The lowest BCUT2D eigenvalue weighted by atomic mass is 10.2. The first-order chi connectivity index (χ1) is 12.8. The molecule has 0 fully saturated rings. The molecule has 0 aliphatic carbocycles. The number of ether oxygens (including phenoxy) is 2. The lowest BCUT2D eigenvalue weighted by Crippen LogP contribution is -2.44. The molecule has 12 nitrogen and oxygen atoms in total. The zero-order chi connectivity index (χ0) is 20.2. The van der Waals surface area contributed by atoms with Gasteiger partial charge in [0.2, 0.25) is 0 Å². The Morgan fingerprint density at radius 2 is 1.33 bits per heavy atom. The van der Waals surface area contributed by atoms with Crippen molar-refractivity contribution in [2.75, 3.05) is 23.8 Å². The smallest absolute Gasteiger partial charge is 0.426 e. The fraction of sp³-hybridized carbons (Fsp3) is 0.333. The van der Waals surface area contributed by atoms with Gasteiger partial charge in [0.15, 0.2) is 0 Å². The van der Waals surface area contributed by atoms with E-state index in [0.29, 0.717) is 16.9 Å². The molecule has 0 heterocycles. The van der Waals surface area contributed by atoms with Gasteiger partial charge in [-0.3, -0.25) is 0 Å². The molecular formula is C15H22N6O6. The van der Waals surface area contributed by atoms with Gasteiger partial charge >= 0.3 is 24.2 Å². The molecule has 1 aromatic rings. The van der Waals surface area contributed by atoms with E-state index < -0.39 is 24.2 Å². The Kier molecular flexibility index (Phi) is 8.71. The Bertz CT molecular complexity index is 695. The zero-order valence-electron chi connectivity index (χ0n) is 15.1. The van der Waals surface area contributed by atoms with Gasteiger partial charge in [-0.1, -0.05) is 6.07 Å². The van der Waals surface area contributed by atoms with Crippen LogP contribution in [0.15, 0.2) is 18.2 Å². The molecule has 0 radical (unpaired) electrons. The van der Waals surface area contributed by atoms with Crippen molar-refractivity contribution in [1.82, 2.24) is 21.7 Å². The van der Waals surface area contributed by atoms with Crippen LogP contribution in [-0.4, -0.2) is 37.5 Å². The number of rotatable bonds is 4. The molecule has 0 bridgehead atoms. The van der Waals surface area contributed by atoms with Gasteiger partial charge in [0.1, 0.15) is 0 Å². The van der Waals surface area contributed by atoms with Crippen molar-refractivity contribution in [3.05, 3.63) is 23.8 Å². The normalized spacial score (nSPS) is 9.44. The van der Waals surface area contributed by atoms with E-state index in [0.717, 1.165) is 0 Å². The highest BCUT2D eigenvalue weighted by Crippen LogP contribution is 2.20. The summed E-state index contributed by atoms with van der Waals surface area (Å²) in [6.45, 7) is 5.31. The molecule has 1 rings (SSSR count). The monoisotopic (exact) mass is 382 g/mol. The third-order valence-electron chi connectivity index (χ3n) is 2.85. The number of anilines is 2. The number of aryl methyl sites for hydroxylation is 1. The third-order valence-corrected chi connectivity index (χ3v) is 2.85. The van der Waals surface area contributed by atoms with Gasteiger partial charge in [0, 0.05) is 11.4 Å². The maximum atomic E-state index is 11.8. The Morgan fingerprint density at radius 3 is 1.85 bits per heavy atom. The lowest BCUT2D eigenvalue weighted by Gasteiger charge is -2.13. The molecule has 12 heteroatoms. The minimum absolute atomic E-state index is 0.162. The highest BCUT2D eigenvalue weighted by molar-refractivity contribution is 5.94. The van der Waals surface area contributed by atoms with Gasteiger partial charge in [-0.25, -0.2) is 40.9 Å². The number of urea groups is 2. The minimum atomic E-state index is -0.801. The first-order valence-corrected chi connectivity index (χ1v) is 7.95. The van der Waals surface area contributed by atoms with Crippen molar-refractivity contribution in [2.45, 2.75) is 20.8 Å². The van der Waals surface area contributed by atoms with E-state index in [9.17, 15) is 19.2 Å². The van der Waals surface area contributed by atoms with Crippen LogP contribution >= 0.6 is 0 Å². The Labute approximate surface area is 155 Å². The van der Waals surface area contributed by atoms with Crippen molar-refractivity contribution >= 4 is 35.6 Å². The average Bonchev–Trinajstić information content (AvgIpc) is 2.61. The van der Waals surface area contributed by atoms with E-state index in [2.05, 4.69) is 36.4 Å². The predicted molar refractivity (Wildman–Crippen MR) is 95.8 cm³/mol. The van der Waals surface area contributed by atoms with E-state index in [4.69, 9.17) is 0 Å². The van der Waals surface area contributed by atoms with Crippen LogP contribution in [0.3, 0.4) is 0 Å². The van der Waals surface area contributed by atoms with Gasteiger partial charge in [-0.15, -0.1) is 0 Å². The number of hydrazine groups is 2. The second-order valence-corrected chi connectivity index (χ2v) is 4.88. The third kappa shape index (κ3) is 8.29. The first-order valence-electron chi connectivity index (χ1n) is 7.95. The summed E-state index contributed by atoms with van der Waals surface area (Å²) >= 11 is 0. The SMILES string of the molecule is CCOC(=O)NNC(=O)Nc1ccc(C)c(NC(=O)NNC(=O)OCC)c1. The molecule has 0 aromatic heterocycles. The van der Waals surface area contributed by atoms with Crippen LogP contribution in [0.5, 0.6) is 0 Å². The van der Waals surface area contributed by atoms with Crippen molar-refractivity contribution < 1.29 is 28.7 Å². The highest BCUT2D eigenvalue weighted by Gasteiger charge is 2.09. The minimum Gasteiger partial charge on any atom is -0.449 e. The van der Waals surface area contributed by atoms with Crippen LogP contribution < -0.4 is 32.3 Å². The van der Waals surface area contributed by atoms with Crippen LogP contribution in [0, 0.1) is 6.92 Å². The summed E-state index contributed by atoms with van der Waals surface area (Å²) in [6.07, 6.45) is -1.60. The van der Waals surface area contributed by atoms with Crippen molar-refractivity contribution in [2.24, 2.45) is 0 Å². The molecule has 0 unspecified atom stereocenters. The van der Waals surface area contributed by atoms with E-state index >= 15 is 0 Å². The van der Waals surface area contributed by atoms with Crippen molar-refractivity contribution in [3.63, 3.8) is 0 Å². The van der Waals surface area contributed by atoms with Crippen LogP contribution in [0.1, 0.15) is 19.4 Å². The quantitative estimate of drug-likeness (QED) is 0.434.